The number of benzene rings is 9. The van der Waals surface area contributed by atoms with Crippen LogP contribution in [0.2, 0.25) is 0 Å². The van der Waals surface area contributed by atoms with Crippen LogP contribution in [-0.4, -0.2) is 4.98 Å². The Balaban J connectivity index is 1.21. The van der Waals surface area contributed by atoms with Crippen LogP contribution in [0.15, 0.2) is 188 Å². The van der Waals surface area contributed by atoms with Crippen LogP contribution in [0, 0.1) is 0 Å². The molecule has 0 bridgehead atoms. The van der Waals surface area contributed by atoms with E-state index in [1.165, 1.54) is 81.9 Å². The molecule has 1 aromatic heterocycles. The highest BCUT2D eigenvalue weighted by molar-refractivity contribution is 6.22. The Hall–Kier alpha value is -6.57. The lowest BCUT2D eigenvalue weighted by Gasteiger charge is -2.18. The molecule has 1 heterocycles. The summed E-state index contributed by atoms with van der Waals surface area (Å²) in [5.41, 5.74) is 10.4. The van der Waals surface area contributed by atoms with E-state index in [0.29, 0.717) is 0 Å². The lowest BCUT2D eigenvalue weighted by Crippen LogP contribution is -1.93. The van der Waals surface area contributed by atoms with Crippen LogP contribution >= 0.6 is 0 Å². The van der Waals surface area contributed by atoms with Gasteiger partial charge in [-0.2, -0.15) is 0 Å². The summed E-state index contributed by atoms with van der Waals surface area (Å²) in [6, 6.07) is 68.1. The average Bonchev–Trinajstić information content (AvgIpc) is 3.19. The van der Waals surface area contributed by atoms with Gasteiger partial charge >= 0.3 is 0 Å². The van der Waals surface area contributed by atoms with Crippen molar-refractivity contribution in [1.82, 2.24) is 4.98 Å². The fourth-order valence-corrected chi connectivity index (χ4v) is 7.93. The van der Waals surface area contributed by atoms with E-state index in [0.717, 1.165) is 16.8 Å². The van der Waals surface area contributed by atoms with E-state index in [2.05, 4.69) is 188 Å². The first-order valence-electron chi connectivity index (χ1n) is 17.2. The van der Waals surface area contributed by atoms with E-state index in [4.69, 9.17) is 4.98 Å². The minimum absolute atomic E-state index is 0.967. The van der Waals surface area contributed by atoms with Crippen molar-refractivity contribution >= 4 is 54.0 Å². The second kappa shape index (κ2) is 11.5. The molecule has 1 heteroatoms. The molecule has 232 valence electrons. The Kier molecular flexibility index (Phi) is 6.57. The molecule has 0 saturated heterocycles. The molecule has 0 unspecified atom stereocenters. The lowest BCUT2D eigenvalue weighted by atomic mass is 9.85. The van der Waals surface area contributed by atoms with E-state index < -0.39 is 0 Å². The van der Waals surface area contributed by atoms with Crippen molar-refractivity contribution in [3.63, 3.8) is 0 Å². The summed E-state index contributed by atoms with van der Waals surface area (Å²) >= 11 is 0. The van der Waals surface area contributed by atoms with Crippen LogP contribution in [0.5, 0.6) is 0 Å². The number of hydrogen-bond donors (Lipinski definition) is 0. The molecule has 0 saturated carbocycles. The lowest BCUT2D eigenvalue weighted by molar-refractivity contribution is 1.40. The van der Waals surface area contributed by atoms with Crippen molar-refractivity contribution in [2.24, 2.45) is 0 Å². The highest BCUT2D eigenvalue weighted by Gasteiger charge is 2.18. The smallest absolute Gasteiger partial charge is 0.0722 e. The molecule has 0 aliphatic rings. The van der Waals surface area contributed by atoms with Gasteiger partial charge in [0.2, 0.25) is 0 Å². The molecule has 0 aliphatic heterocycles. The van der Waals surface area contributed by atoms with Gasteiger partial charge in [0.05, 0.1) is 11.2 Å². The Morgan fingerprint density at radius 2 is 0.820 bits per heavy atom. The first-order valence-corrected chi connectivity index (χ1v) is 17.2. The van der Waals surface area contributed by atoms with Gasteiger partial charge in [0.25, 0.3) is 0 Å². The van der Waals surface area contributed by atoms with Crippen LogP contribution in [0.1, 0.15) is 0 Å². The Morgan fingerprint density at radius 3 is 1.52 bits per heavy atom. The van der Waals surface area contributed by atoms with Gasteiger partial charge in [-0.3, -0.25) is 0 Å². The molecule has 10 rings (SSSR count). The molecule has 9 aromatic carbocycles. The molecule has 0 spiro atoms. The first kappa shape index (κ1) is 28.4. The van der Waals surface area contributed by atoms with E-state index in [1.807, 2.05) is 0 Å². The van der Waals surface area contributed by atoms with Gasteiger partial charge in [-0.15, -0.1) is 0 Å². The fourth-order valence-electron chi connectivity index (χ4n) is 7.93. The van der Waals surface area contributed by atoms with Gasteiger partial charge in [-0.05, 0) is 101 Å². The van der Waals surface area contributed by atoms with E-state index in [9.17, 15) is 0 Å². The summed E-state index contributed by atoms with van der Waals surface area (Å²) < 4.78 is 0. The van der Waals surface area contributed by atoms with E-state index >= 15 is 0 Å². The van der Waals surface area contributed by atoms with E-state index in [-0.39, 0.29) is 0 Å². The third-order valence-corrected chi connectivity index (χ3v) is 10.2. The van der Waals surface area contributed by atoms with Crippen LogP contribution in [0.25, 0.3) is 98.6 Å². The van der Waals surface area contributed by atoms with Gasteiger partial charge in [0.1, 0.15) is 0 Å². The molecule has 50 heavy (non-hydrogen) atoms. The summed E-state index contributed by atoms with van der Waals surface area (Å²) in [6.07, 6.45) is 0. The van der Waals surface area contributed by atoms with Gasteiger partial charge in [0, 0.05) is 10.9 Å². The molecule has 10 aromatic rings. The zero-order chi connectivity index (χ0) is 33.0. The van der Waals surface area contributed by atoms with Crippen molar-refractivity contribution in [2.45, 2.75) is 0 Å². The molecule has 0 N–H and O–H groups in total. The summed E-state index contributed by atoms with van der Waals surface area (Å²) in [7, 11) is 0. The fraction of sp³-hybridized carbons (Fsp3) is 0. The third-order valence-electron chi connectivity index (χ3n) is 10.2. The first-order chi connectivity index (χ1) is 24.8. The zero-order valence-corrected chi connectivity index (χ0v) is 27.3. The maximum absolute atomic E-state index is 5.32. The normalized spacial score (nSPS) is 11.6. The maximum atomic E-state index is 5.32. The van der Waals surface area contributed by atoms with Crippen LogP contribution < -0.4 is 0 Å². The van der Waals surface area contributed by atoms with Gasteiger partial charge in [0.15, 0.2) is 0 Å². The average molecular weight is 634 g/mol. The predicted octanol–water partition coefficient (Wildman–Crippen LogP) is 13.5. The number of hydrogen-bond acceptors (Lipinski definition) is 1. The second-order valence-electron chi connectivity index (χ2n) is 13.1. The number of nitrogens with zero attached hydrogens (tertiary/aromatic N) is 1. The predicted molar refractivity (Wildman–Crippen MR) is 214 cm³/mol. The van der Waals surface area contributed by atoms with Crippen LogP contribution in [-0.2, 0) is 0 Å². The van der Waals surface area contributed by atoms with Crippen LogP contribution in [0.3, 0.4) is 0 Å². The quantitative estimate of drug-likeness (QED) is 0.139. The molecule has 0 fully saturated rings. The van der Waals surface area contributed by atoms with Crippen molar-refractivity contribution < 1.29 is 0 Å². The Labute approximate surface area is 290 Å². The van der Waals surface area contributed by atoms with Crippen LogP contribution in [0.4, 0.5) is 0 Å². The van der Waals surface area contributed by atoms with Gasteiger partial charge < -0.3 is 0 Å². The standard InChI is InChI=1S/C49H31N/c1-2-14-33(15-3-1)44-31-46(50-45-28-27-34-16-6-7-20-39(34)49(44)45)36-18-12-19-37(30-36)47-40-21-8-10-23-42(40)48(43-24-11-9-22-41(43)47)38-26-25-32-13-4-5-17-35(32)29-38/h1-31H. The van der Waals surface area contributed by atoms with Crippen molar-refractivity contribution in [3.05, 3.63) is 188 Å². The molecule has 0 radical (unpaired) electrons. The molecular formula is C49H31N. The summed E-state index contributed by atoms with van der Waals surface area (Å²) in [6.45, 7) is 0. The van der Waals surface area contributed by atoms with Gasteiger partial charge in [-0.1, -0.05) is 164 Å². The minimum atomic E-state index is 0.967. The Bertz CT molecular complexity index is 2860. The highest BCUT2D eigenvalue weighted by Crippen LogP contribution is 2.45. The molecular weight excluding hydrogens is 603 g/mol. The largest absolute Gasteiger partial charge is 0.248 e. The zero-order valence-electron chi connectivity index (χ0n) is 27.3. The monoisotopic (exact) mass is 633 g/mol. The number of aromatic nitrogens is 1. The number of rotatable bonds is 4. The van der Waals surface area contributed by atoms with Gasteiger partial charge in [-0.25, -0.2) is 4.98 Å². The number of fused-ring (bicyclic) bond motifs is 6. The number of pyridine rings is 1. The summed E-state index contributed by atoms with van der Waals surface area (Å²) in [5.74, 6) is 0. The van der Waals surface area contributed by atoms with Crippen molar-refractivity contribution in [2.75, 3.05) is 0 Å². The summed E-state index contributed by atoms with van der Waals surface area (Å²) in [5, 5.41) is 11.1. The SMILES string of the molecule is c1ccc(-c2cc(-c3cccc(-c4c5ccccc5c(-c5ccc6ccccc6c5)c5ccccc45)c3)nc3ccc4ccccc4c23)cc1. The van der Waals surface area contributed by atoms with Crippen molar-refractivity contribution in [3.8, 4) is 44.6 Å². The molecule has 0 aliphatic carbocycles. The maximum Gasteiger partial charge on any atom is 0.0722 e. The van der Waals surface area contributed by atoms with Crippen molar-refractivity contribution in [1.29, 1.82) is 0 Å². The third kappa shape index (κ3) is 4.59. The topological polar surface area (TPSA) is 12.9 Å². The van der Waals surface area contributed by atoms with E-state index in [1.54, 1.807) is 0 Å². The second-order valence-corrected chi connectivity index (χ2v) is 13.1. The highest BCUT2D eigenvalue weighted by atomic mass is 14.7. The molecule has 1 nitrogen and oxygen atoms in total. The molecule has 0 atom stereocenters. The molecule has 0 amide bonds. The minimum Gasteiger partial charge on any atom is -0.248 e. The Morgan fingerprint density at radius 1 is 0.300 bits per heavy atom. The summed E-state index contributed by atoms with van der Waals surface area (Å²) in [4.78, 5) is 5.32.